The lowest BCUT2D eigenvalue weighted by molar-refractivity contribution is 0.301. The van der Waals surface area contributed by atoms with Crippen LogP contribution in [0.5, 0.6) is 5.75 Å². The summed E-state index contributed by atoms with van der Waals surface area (Å²) in [6, 6.07) is 20.2. The van der Waals surface area contributed by atoms with Crippen LogP contribution in [0.3, 0.4) is 0 Å². The summed E-state index contributed by atoms with van der Waals surface area (Å²) in [4.78, 5) is 6.06. The van der Waals surface area contributed by atoms with E-state index in [0.29, 0.717) is 6.61 Å². The highest BCUT2D eigenvalue weighted by Gasteiger charge is 2.11. The van der Waals surface area contributed by atoms with Crippen molar-refractivity contribution in [2.75, 3.05) is 0 Å². The summed E-state index contributed by atoms with van der Waals surface area (Å²) < 4.78 is 5.83. The fourth-order valence-corrected chi connectivity index (χ4v) is 3.15. The number of hydrogen-bond acceptors (Lipinski definition) is 3. The molecule has 3 heteroatoms. The highest BCUT2D eigenvalue weighted by molar-refractivity contribution is 7.15. The van der Waals surface area contributed by atoms with Gasteiger partial charge in [-0.05, 0) is 18.6 Å². The van der Waals surface area contributed by atoms with E-state index in [0.717, 1.165) is 22.9 Å². The van der Waals surface area contributed by atoms with Gasteiger partial charge < -0.3 is 4.74 Å². The van der Waals surface area contributed by atoms with E-state index in [1.165, 1.54) is 10.4 Å². The van der Waals surface area contributed by atoms with Crippen LogP contribution >= 0.6 is 11.3 Å². The fraction of sp³-hybridized carbons (Fsp3) is 0.167. The molecule has 2 nitrogen and oxygen atoms in total. The van der Waals surface area contributed by atoms with Crippen LogP contribution < -0.4 is 4.74 Å². The summed E-state index contributed by atoms with van der Waals surface area (Å²) in [6.07, 6.45) is 0.984. The maximum Gasteiger partial charge on any atom is 0.131 e. The third-order valence-corrected chi connectivity index (χ3v) is 4.53. The molecule has 0 aliphatic rings. The molecule has 3 aromatic rings. The lowest BCUT2D eigenvalue weighted by atomic mass is 10.2. The van der Waals surface area contributed by atoms with Crippen molar-refractivity contribution in [1.82, 2.24) is 4.98 Å². The van der Waals surface area contributed by atoms with Gasteiger partial charge in [-0.3, -0.25) is 0 Å². The molecule has 106 valence electrons. The number of aromatic nitrogens is 1. The Labute approximate surface area is 129 Å². The van der Waals surface area contributed by atoms with Gasteiger partial charge in [0, 0.05) is 10.4 Å². The van der Waals surface area contributed by atoms with E-state index in [4.69, 9.17) is 9.72 Å². The Bertz CT molecular complexity index is 692. The summed E-state index contributed by atoms with van der Waals surface area (Å²) in [6.45, 7) is 2.69. The first-order chi connectivity index (χ1) is 10.4. The highest BCUT2D eigenvalue weighted by Crippen LogP contribution is 2.29. The quantitative estimate of drug-likeness (QED) is 0.664. The molecule has 0 amide bonds. The number of nitrogens with zero attached hydrogens (tertiary/aromatic N) is 1. The number of aryl methyl sites for hydroxylation is 1. The number of para-hydroxylation sites is 1. The third-order valence-electron chi connectivity index (χ3n) is 3.24. The van der Waals surface area contributed by atoms with E-state index >= 15 is 0 Å². The minimum absolute atomic E-state index is 0.524. The lowest BCUT2D eigenvalue weighted by Crippen LogP contribution is -1.98. The molecule has 1 aromatic heterocycles. The predicted octanol–water partition coefficient (Wildman–Crippen LogP) is 4.95. The van der Waals surface area contributed by atoms with Crippen LogP contribution in [0.4, 0.5) is 0 Å². The first-order valence-corrected chi connectivity index (χ1v) is 7.90. The van der Waals surface area contributed by atoms with E-state index in [2.05, 4.69) is 19.1 Å². The normalized spacial score (nSPS) is 10.5. The molecule has 0 fully saturated rings. The average molecular weight is 295 g/mol. The Morgan fingerprint density at radius 3 is 2.29 bits per heavy atom. The van der Waals surface area contributed by atoms with E-state index in [1.54, 1.807) is 11.3 Å². The van der Waals surface area contributed by atoms with Crippen molar-refractivity contribution >= 4 is 11.3 Å². The largest absolute Gasteiger partial charge is 0.487 e. The second-order valence-corrected chi connectivity index (χ2v) is 5.79. The average Bonchev–Trinajstić information content (AvgIpc) is 2.98. The van der Waals surface area contributed by atoms with Gasteiger partial charge in [-0.25, -0.2) is 4.98 Å². The van der Waals surface area contributed by atoms with Crippen molar-refractivity contribution in [3.05, 3.63) is 71.2 Å². The van der Waals surface area contributed by atoms with Crippen molar-refractivity contribution in [1.29, 1.82) is 0 Å². The number of rotatable bonds is 5. The molecule has 0 saturated heterocycles. The third kappa shape index (κ3) is 3.31. The Kier molecular flexibility index (Phi) is 4.31. The summed E-state index contributed by atoms with van der Waals surface area (Å²) in [5.41, 5.74) is 2.22. The Morgan fingerprint density at radius 1 is 0.952 bits per heavy atom. The molecule has 0 aliphatic heterocycles. The Balaban J connectivity index is 1.80. The maximum absolute atomic E-state index is 5.83. The molecule has 0 unspecified atom stereocenters. The van der Waals surface area contributed by atoms with Gasteiger partial charge in [0.25, 0.3) is 0 Å². The van der Waals surface area contributed by atoms with E-state index in [1.807, 2.05) is 48.5 Å². The zero-order valence-corrected chi connectivity index (χ0v) is 12.8. The van der Waals surface area contributed by atoms with Gasteiger partial charge in [-0.15, -0.1) is 11.3 Å². The van der Waals surface area contributed by atoms with E-state index in [9.17, 15) is 0 Å². The van der Waals surface area contributed by atoms with E-state index < -0.39 is 0 Å². The first-order valence-electron chi connectivity index (χ1n) is 7.08. The number of thiazole rings is 1. The zero-order valence-electron chi connectivity index (χ0n) is 12.0. The Hall–Kier alpha value is -2.13. The van der Waals surface area contributed by atoms with Crippen LogP contribution in [0.25, 0.3) is 10.6 Å². The molecule has 2 aromatic carbocycles. The number of benzene rings is 2. The molecule has 1 heterocycles. The molecular weight excluding hydrogens is 278 g/mol. The Morgan fingerprint density at radius 2 is 1.62 bits per heavy atom. The summed E-state index contributed by atoms with van der Waals surface area (Å²) >= 11 is 1.76. The number of hydrogen-bond donors (Lipinski definition) is 0. The van der Waals surface area contributed by atoms with Gasteiger partial charge in [-0.2, -0.15) is 0 Å². The molecule has 0 N–H and O–H groups in total. The molecule has 0 saturated carbocycles. The highest BCUT2D eigenvalue weighted by atomic mass is 32.1. The van der Waals surface area contributed by atoms with Crippen LogP contribution in [-0.2, 0) is 13.0 Å². The van der Waals surface area contributed by atoms with Gasteiger partial charge in [0.1, 0.15) is 17.4 Å². The summed E-state index contributed by atoms with van der Waals surface area (Å²) in [5, 5.41) is 1.07. The van der Waals surface area contributed by atoms with Crippen LogP contribution in [0, 0.1) is 0 Å². The van der Waals surface area contributed by atoms with Gasteiger partial charge in [0.05, 0.1) is 5.69 Å². The molecular formula is C18H17NOS. The lowest BCUT2D eigenvalue weighted by Gasteiger charge is -2.04. The standard InChI is InChI=1S/C18H17NOS/c1-2-17-16(13-20-15-11-7-4-8-12-15)19-18(21-17)14-9-5-3-6-10-14/h3-12H,2,13H2,1H3. The van der Waals surface area contributed by atoms with Gasteiger partial charge >= 0.3 is 0 Å². The molecule has 0 atom stereocenters. The smallest absolute Gasteiger partial charge is 0.131 e. The first kappa shape index (κ1) is 13.8. The van der Waals surface area contributed by atoms with Crippen LogP contribution in [0.2, 0.25) is 0 Å². The molecule has 3 rings (SSSR count). The molecule has 21 heavy (non-hydrogen) atoms. The van der Waals surface area contributed by atoms with Gasteiger partial charge in [0.15, 0.2) is 0 Å². The predicted molar refractivity (Wildman–Crippen MR) is 87.7 cm³/mol. The van der Waals surface area contributed by atoms with Crippen molar-refractivity contribution in [2.45, 2.75) is 20.0 Å². The van der Waals surface area contributed by atoms with Crippen LogP contribution in [0.15, 0.2) is 60.7 Å². The second-order valence-electron chi connectivity index (χ2n) is 4.71. The second kappa shape index (κ2) is 6.55. The summed E-state index contributed by atoms with van der Waals surface area (Å²) in [5.74, 6) is 0.883. The maximum atomic E-state index is 5.83. The van der Waals surface area contributed by atoms with Crippen LogP contribution in [0.1, 0.15) is 17.5 Å². The summed E-state index contributed by atoms with van der Waals surface area (Å²) in [7, 11) is 0. The van der Waals surface area contributed by atoms with Crippen molar-refractivity contribution in [3.8, 4) is 16.3 Å². The molecule has 0 spiro atoms. The van der Waals surface area contributed by atoms with Gasteiger partial charge in [-0.1, -0.05) is 55.5 Å². The van der Waals surface area contributed by atoms with Crippen molar-refractivity contribution in [3.63, 3.8) is 0 Å². The molecule has 0 bridgehead atoms. The topological polar surface area (TPSA) is 22.1 Å². The minimum atomic E-state index is 0.524. The van der Waals surface area contributed by atoms with Gasteiger partial charge in [0.2, 0.25) is 0 Å². The molecule has 0 aliphatic carbocycles. The van der Waals surface area contributed by atoms with E-state index in [-0.39, 0.29) is 0 Å². The molecule has 0 radical (unpaired) electrons. The van der Waals surface area contributed by atoms with Crippen molar-refractivity contribution in [2.24, 2.45) is 0 Å². The zero-order chi connectivity index (χ0) is 14.5. The number of ether oxygens (including phenoxy) is 1. The minimum Gasteiger partial charge on any atom is -0.487 e. The SMILES string of the molecule is CCc1sc(-c2ccccc2)nc1COc1ccccc1. The fourth-order valence-electron chi connectivity index (χ4n) is 2.14. The van der Waals surface area contributed by atoms with Crippen LogP contribution in [-0.4, -0.2) is 4.98 Å². The monoisotopic (exact) mass is 295 g/mol. The van der Waals surface area contributed by atoms with Crippen molar-refractivity contribution < 1.29 is 4.74 Å².